The molecule has 0 bridgehead atoms. The molecule has 1 atom stereocenters. The van der Waals surface area contributed by atoms with Gasteiger partial charge in [0.15, 0.2) is 0 Å². The van der Waals surface area contributed by atoms with E-state index in [-0.39, 0.29) is 6.42 Å². The van der Waals surface area contributed by atoms with Crippen LogP contribution in [0, 0.1) is 0 Å². The van der Waals surface area contributed by atoms with Crippen LogP contribution in [0.15, 0.2) is 24.3 Å². The van der Waals surface area contributed by atoms with E-state index in [9.17, 15) is 14.7 Å². The van der Waals surface area contributed by atoms with Gasteiger partial charge in [0.1, 0.15) is 24.0 Å². The first-order valence-corrected chi connectivity index (χ1v) is 8.16. The minimum Gasteiger partial charge on any atom is -0.492 e. The van der Waals surface area contributed by atoms with Crippen LogP contribution in [0.2, 0.25) is 0 Å². The largest absolute Gasteiger partial charge is 0.492 e. The molecular weight excluding hydrogens is 324 g/mol. The molecule has 2 N–H and O–H groups in total. The minimum atomic E-state index is -1.13. The number of carboxylic acids is 1. The molecule has 140 valence electrons. The van der Waals surface area contributed by atoms with Gasteiger partial charge in [0.2, 0.25) is 0 Å². The van der Waals surface area contributed by atoms with Gasteiger partial charge < -0.3 is 24.8 Å². The zero-order chi connectivity index (χ0) is 19.0. The van der Waals surface area contributed by atoms with Gasteiger partial charge in [-0.3, -0.25) is 0 Å². The highest BCUT2D eigenvalue weighted by molar-refractivity contribution is 5.80. The highest BCUT2D eigenvalue weighted by Crippen LogP contribution is 2.20. The number of rotatable bonds is 8. The molecule has 1 aromatic rings. The quantitative estimate of drug-likeness (QED) is 0.745. The Morgan fingerprint density at radius 2 is 1.88 bits per heavy atom. The lowest BCUT2D eigenvalue weighted by Crippen LogP contribution is -2.44. The molecule has 0 aromatic heterocycles. The summed E-state index contributed by atoms with van der Waals surface area (Å²) < 4.78 is 10.9. The fourth-order valence-corrected chi connectivity index (χ4v) is 2.02. The van der Waals surface area contributed by atoms with E-state index in [4.69, 9.17) is 9.47 Å². The van der Waals surface area contributed by atoms with E-state index >= 15 is 0 Å². The van der Waals surface area contributed by atoms with Crippen molar-refractivity contribution in [2.45, 2.75) is 38.8 Å². The van der Waals surface area contributed by atoms with Crippen molar-refractivity contribution >= 4 is 12.1 Å². The number of para-hydroxylation sites is 1. The number of alkyl carbamates (subject to hydrolysis) is 1. The predicted molar refractivity (Wildman–Crippen MR) is 95.0 cm³/mol. The van der Waals surface area contributed by atoms with Crippen molar-refractivity contribution in [1.82, 2.24) is 10.2 Å². The van der Waals surface area contributed by atoms with Crippen molar-refractivity contribution in [2.24, 2.45) is 0 Å². The van der Waals surface area contributed by atoms with E-state index in [2.05, 4.69) is 5.32 Å². The van der Waals surface area contributed by atoms with Gasteiger partial charge in [-0.25, -0.2) is 9.59 Å². The summed E-state index contributed by atoms with van der Waals surface area (Å²) in [5.74, 6) is -0.518. The van der Waals surface area contributed by atoms with Gasteiger partial charge in [0.25, 0.3) is 0 Å². The van der Waals surface area contributed by atoms with E-state index in [1.807, 2.05) is 25.1 Å². The monoisotopic (exact) mass is 352 g/mol. The average Bonchev–Trinajstić information content (AvgIpc) is 2.45. The first-order valence-electron chi connectivity index (χ1n) is 8.16. The number of carboxylic acid groups (broad SMARTS) is 1. The Bertz CT molecular complexity index is 581. The maximum absolute atomic E-state index is 11.9. The molecule has 0 spiro atoms. The number of nitrogens with zero attached hydrogens (tertiary/aromatic N) is 1. The number of benzene rings is 1. The van der Waals surface area contributed by atoms with Crippen molar-refractivity contribution in [3.05, 3.63) is 29.8 Å². The zero-order valence-corrected chi connectivity index (χ0v) is 15.5. The summed E-state index contributed by atoms with van der Waals surface area (Å²) in [6.45, 7) is 6.39. The van der Waals surface area contributed by atoms with Gasteiger partial charge in [-0.15, -0.1) is 0 Å². The molecule has 0 fully saturated rings. The molecule has 7 heteroatoms. The lowest BCUT2D eigenvalue weighted by atomic mass is 10.1. The van der Waals surface area contributed by atoms with Crippen LogP contribution in [0.1, 0.15) is 26.3 Å². The number of hydrogen-bond donors (Lipinski definition) is 2. The van der Waals surface area contributed by atoms with Crippen molar-refractivity contribution in [1.29, 1.82) is 0 Å². The molecular formula is C18H28N2O5. The maximum Gasteiger partial charge on any atom is 0.408 e. The summed E-state index contributed by atoms with van der Waals surface area (Å²) in [6.07, 6.45) is -0.655. The SMILES string of the molecule is CN(C)CCOc1ccccc1CC(NC(=O)OC(C)(C)C)C(=O)O. The fourth-order valence-electron chi connectivity index (χ4n) is 2.02. The molecule has 1 amide bonds. The number of amides is 1. The van der Waals surface area contributed by atoms with Crippen LogP contribution in [0.25, 0.3) is 0 Å². The molecule has 0 saturated carbocycles. The van der Waals surface area contributed by atoms with Crippen molar-refractivity contribution in [3.63, 3.8) is 0 Å². The van der Waals surface area contributed by atoms with Crippen LogP contribution >= 0.6 is 0 Å². The second-order valence-electron chi connectivity index (χ2n) is 7.00. The highest BCUT2D eigenvalue weighted by atomic mass is 16.6. The lowest BCUT2D eigenvalue weighted by molar-refractivity contribution is -0.139. The summed E-state index contributed by atoms with van der Waals surface area (Å²) in [6, 6.07) is 6.11. The van der Waals surface area contributed by atoms with Crippen molar-refractivity contribution in [3.8, 4) is 5.75 Å². The summed E-state index contributed by atoms with van der Waals surface area (Å²) in [5.41, 5.74) is 0.0186. The molecule has 1 unspecified atom stereocenters. The van der Waals surface area contributed by atoms with Gasteiger partial charge >= 0.3 is 12.1 Å². The van der Waals surface area contributed by atoms with Gasteiger partial charge in [-0.1, -0.05) is 18.2 Å². The highest BCUT2D eigenvalue weighted by Gasteiger charge is 2.25. The number of ether oxygens (including phenoxy) is 2. The Balaban J connectivity index is 2.78. The van der Waals surface area contributed by atoms with Crippen LogP contribution in [0.3, 0.4) is 0 Å². The van der Waals surface area contributed by atoms with Crippen LogP contribution in [0.4, 0.5) is 4.79 Å². The zero-order valence-electron chi connectivity index (χ0n) is 15.5. The van der Waals surface area contributed by atoms with Crippen LogP contribution in [-0.2, 0) is 16.0 Å². The second-order valence-corrected chi connectivity index (χ2v) is 7.00. The summed E-state index contributed by atoms with van der Waals surface area (Å²) >= 11 is 0. The normalized spacial score (nSPS) is 12.6. The summed E-state index contributed by atoms with van der Waals surface area (Å²) in [7, 11) is 3.89. The van der Waals surface area contributed by atoms with Crippen LogP contribution in [-0.4, -0.2) is 61.0 Å². The molecule has 1 rings (SSSR count). The van der Waals surface area contributed by atoms with Gasteiger partial charge in [-0.2, -0.15) is 0 Å². The number of aliphatic carboxylic acids is 1. The number of nitrogens with one attached hydrogen (secondary N) is 1. The smallest absolute Gasteiger partial charge is 0.408 e. The van der Waals surface area contributed by atoms with Crippen molar-refractivity contribution < 1.29 is 24.2 Å². The topological polar surface area (TPSA) is 88.1 Å². The number of carbonyl (C=O) groups is 2. The van der Waals surface area contributed by atoms with Crippen LogP contribution < -0.4 is 10.1 Å². The maximum atomic E-state index is 11.9. The lowest BCUT2D eigenvalue weighted by Gasteiger charge is -2.22. The van der Waals surface area contributed by atoms with E-state index in [0.29, 0.717) is 17.9 Å². The Kier molecular flexibility index (Phi) is 7.70. The summed E-state index contributed by atoms with van der Waals surface area (Å²) in [4.78, 5) is 25.4. The van der Waals surface area contributed by atoms with E-state index in [1.54, 1.807) is 39.0 Å². The van der Waals surface area contributed by atoms with Gasteiger partial charge in [0, 0.05) is 13.0 Å². The van der Waals surface area contributed by atoms with Gasteiger partial charge in [0.05, 0.1) is 0 Å². The standard InChI is InChI=1S/C18H28N2O5/c1-18(2,3)25-17(23)19-14(16(21)22)12-13-8-6-7-9-15(13)24-11-10-20(4)5/h6-9,14H,10-12H2,1-5H3,(H,19,23)(H,21,22). The Labute approximate surface area is 148 Å². The van der Waals surface area contributed by atoms with Crippen molar-refractivity contribution in [2.75, 3.05) is 27.2 Å². The molecule has 1 aromatic carbocycles. The number of carbonyl (C=O) groups excluding carboxylic acids is 1. The first-order chi connectivity index (χ1) is 11.6. The molecule has 0 radical (unpaired) electrons. The molecule has 0 aliphatic carbocycles. The third-order valence-corrected chi connectivity index (χ3v) is 3.18. The third kappa shape index (κ3) is 8.39. The molecule has 0 heterocycles. The Morgan fingerprint density at radius 1 is 1.24 bits per heavy atom. The third-order valence-electron chi connectivity index (χ3n) is 3.18. The minimum absolute atomic E-state index is 0.104. The fraction of sp³-hybridized carbons (Fsp3) is 0.556. The summed E-state index contributed by atoms with van der Waals surface area (Å²) in [5, 5.41) is 11.8. The number of likely N-dealkylation sites (N-methyl/N-ethyl adjacent to an activating group) is 1. The molecule has 0 saturated heterocycles. The number of hydrogen-bond acceptors (Lipinski definition) is 5. The molecule has 25 heavy (non-hydrogen) atoms. The average molecular weight is 352 g/mol. The first kappa shape index (κ1) is 20.8. The van der Waals surface area contributed by atoms with E-state index in [0.717, 1.165) is 6.54 Å². The van der Waals surface area contributed by atoms with Gasteiger partial charge in [-0.05, 0) is 46.5 Å². The molecule has 0 aliphatic rings. The molecule has 0 aliphatic heterocycles. The Hall–Kier alpha value is -2.28. The van der Waals surface area contributed by atoms with Crippen LogP contribution in [0.5, 0.6) is 5.75 Å². The second kappa shape index (κ2) is 9.27. The van der Waals surface area contributed by atoms with E-state index < -0.39 is 23.7 Å². The molecule has 7 nitrogen and oxygen atoms in total. The Morgan fingerprint density at radius 3 is 2.44 bits per heavy atom. The van der Waals surface area contributed by atoms with E-state index in [1.165, 1.54) is 0 Å². The predicted octanol–water partition coefficient (Wildman–Crippen LogP) is 2.15.